The third-order valence-electron chi connectivity index (χ3n) is 4.91. The number of fused-ring (bicyclic) bond motifs is 1. The van der Waals surface area contributed by atoms with Gasteiger partial charge >= 0.3 is 5.97 Å². The lowest BCUT2D eigenvalue weighted by atomic mass is 9.85. The molecule has 0 saturated heterocycles. The maximum absolute atomic E-state index is 11.9. The van der Waals surface area contributed by atoms with Crippen LogP contribution in [0.25, 0.3) is 0 Å². The summed E-state index contributed by atoms with van der Waals surface area (Å²) in [7, 11) is 0. The molecule has 132 valence electrons. The van der Waals surface area contributed by atoms with Crippen LogP contribution in [0.15, 0.2) is 42.5 Å². The Bertz CT molecular complexity index is 719. The van der Waals surface area contributed by atoms with Crippen LogP contribution in [-0.4, -0.2) is 17.7 Å². The minimum Gasteiger partial charge on any atom is -0.494 e. The Morgan fingerprint density at radius 3 is 2.48 bits per heavy atom. The summed E-state index contributed by atoms with van der Waals surface area (Å²) in [6.45, 7) is 2.77. The van der Waals surface area contributed by atoms with Gasteiger partial charge in [0.05, 0.1) is 12.5 Å². The lowest BCUT2D eigenvalue weighted by molar-refractivity contribution is -0.138. The number of aliphatic carboxylic acids is 1. The normalized spacial score (nSPS) is 14.6. The summed E-state index contributed by atoms with van der Waals surface area (Å²) in [6, 6.07) is 14.0. The second-order valence-corrected chi connectivity index (χ2v) is 6.82. The summed E-state index contributed by atoms with van der Waals surface area (Å²) >= 11 is 0. The van der Waals surface area contributed by atoms with E-state index in [0.717, 1.165) is 36.1 Å². The minimum atomic E-state index is -0.762. The number of ether oxygens (including phenoxy) is 1. The van der Waals surface area contributed by atoms with Crippen molar-refractivity contribution >= 4 is 5.97 Å². The van der Waals surface area contributed by atoms with Crippen LogP contribution in [0, 0.1) is 0 Å². The molecule has 0 aromatic heterocycles. The predicted molar refractivity (Wildman–Crippen MR) is 99.4 cm³/mol. The van der Waals surface area contributed by atoms with Crippen LogP contribution in [0.5, 0.6) is 5.75 Å². The summed E-state index contributed by atoms with van der Waals surface area (Å²) < 4.78 is 5.59. The van der Waals surface area contributed by atoms with Gasteiger partial charge in [-0.05, 0) is 72.9 Å². The summed E-state index contributed by atoms with van der Waals surface area (Å²) in [5, 5.41) is 9.74. The average Bonchev–Trinajstić information content (AvgIpc) is 2.64. The zero-order valence-corrected chi connectivity index (χ0v) is 14.8. The SMILES string of the molecule is CCCOc1ccc(CC(C(=O)O)c2ccc3c(c2)CCCC3)cc1. The van der Waals surface area contributed by atoms with Gasteiger partial charge in [-0.25, -0.2) is 0 Å². The molecule has 1 unspecified atom stereocenters. The molecule has 0 heterocycles. The van der Waals surface area contributed by atoms with Crippen LogP contribution in [-0.2, 0) is 24.1 Å². The molecule has 2 aromatic carbocycles. The second kappa shape index (κ2) is 8.19. The van der Waals surface area contributed by atoms with Crippen LogP contribution in [0.2, 0.25) is 0 Å². The van der Waals surface area contributed by atoms with E-state index in [1.165, 1.54) is 24.0 Å². The van der Waals surface area contributed by atoms with Gasteiger partial charge in [0.25, 0.3) is 0 Å². The first-order valence-electron chi connectivity index (χ1n) is 9.23. The molecule has 0 radical (unpaired) electrons. The molecule has 3 nitrogen and oxygen atoms in total. The van der Waals surface area contributed by atoms with Crippen LogP contribution in [0.4, 0.5) is 0 Å². The lowest BCUT2D eigenvalue weighted by Crippen LogP contribution is -2.15. The molecular weight excluding hydrogens is 312 g/mol. The van der Waals surface area contributed by atoms with E-state index in [1.807, 2.05) is 30.3 Å². The topological polar surface area (TPSA) is 46.5 Å². The molecule has 0 aliphatic heterocycles. The summed E-state index contributed by atoms with van der Waals surface area (Å²) in [6.07, 6.45) is 6.10. The van der Waals surface area contributed by atoms with Crippen LogP contribution < -0.4 is 4.74 Å². The van der Waals surface area contributed by atoms with Gasteiger partial charge in [-0.1, -0.05) is 37.3 Å². The smallest absolute Gasteiger partial charge is 0.311 e. The molecule has 2 aromatic rings. The largest absolute Gasteiger partial charge is 0.494 e. The lowest BCUT2D eigenvalue weighted by Gasteiger charge is -2.19. The molecule has 25 heavy (non-hydrogen) atoms. The Labute approximate surface area is 149 Å². The first-order chi connectivity index (χ1) is 12.2. The van der Waals surface area contributed by atoms with Crippen molar-refractivity contribution in [1.29, 1.82) is 0 Å². The van der Waals surface area contributed by atoms with Crippen LogP contribution >= 0.6 is 0 Å². The average molecular weight is 338 g/mol. The van der Waals surface area contributed by atoms with Crippen molar-refractivity contribution in [3.05, 3.63) is 64.7 Å². The molecule has 0 amide bonds. The molecular formula is C22H26O3. The zero-order valence-electron chi connectivity index (χ0n) is 14.8. The van der Waals surface area contributed by atoms with Crippen molar-refractivity contribution in [3.63, 3.8) is 0 Å². The molecule has 1 N–H and O–H groups in total. The zero-order chi connectivity index (χ0) is 17.6. The molecule has 1 aliphatic carbocycles. The van der Waals surface area contributed by atoms with Gasteiger partial charge in [-0.15, -0.1) is 0 Å². The number of carbonyl (C=O) groups is 1. The van der Waals surface area contributed by atoms with Crippen LogP contribution in [0.3, 0.4) is 0 Å². The fraction of sp³-hybridized carbons (Fsp3) is 0.409. The van der Waals surface area contributed by atoms with Gasteiger partial charge in [0, 0.05) is 0 Å². The highest BCUT2D eigenvalue weighted by Crippen LogP contribution is 2.28. The third-order valence-corrected chi connectivity index (χ3v) is 4.91. The second-order valence-electron chi connectivity index (χ2n) is 6.82. The third kappa shape index (κ3) is 4.41. The first kappa shape index (κ1) is 17.5. The van der Waals surface area contributed by atoms with E-state index in [4.69, 9.17) is 4.74 Å². The number of aryl methyl sites for hydroxylation is 2. The number of hydrogen-bond donors (Lipinski definition) is 1. The summed E-state index contributed by atoms with van der Waals surface area (Å²) in [5.41, 5.74) is 4.66. The van der Waals surface area contributed by atoms with Crippen molar-refractivity contribution in [2.75, 3.05) is 6.61 Å². The fourth-order valence-electron chi connectivity index (χ4n) is 3.50. The maximum atomic E-state index is 11.9. The van der Waals surface area contributed by atoms with E-state index in [0.29, 0.717) is 13.0 Å². The Balaban J connectivity index is 1.76. The first-order valence-corrected chi connectivity index (χ1v) is 9.23. The molecule has 1 aliphatic rings. The number of hydrogen-bond acceptors (Lipinski definition) is 2. The van der Waals surface area contributed by atoms with Gasteiger partial charge in [-0.3, -0.25) is 4.79 Å². The standard InChI is InChI=1S/C22H26O3/c1-2-13-25-20-11-7-16(8-12-20)14-21(22(23)24)19-10-9-17-5-3-4-6-18(17)15-19/h7-12,15,21H,2-6,13-14H2,1H3,(H,23,24). The van der Waals surface area contributed by atoms with Gasteiger partial charge < -0.3 is 9.84 Å². The van der Waals surface area contributed by atoms with Crippen molar-refractivity contribution in [3.8, 4) is 5.75 Å². The molecule has 0 bridgehead atoms. The van der Waals surface area contributed by atoms with Crippen molar-refractivity contribution in [2.24, 2.45) is 0 Å². The number of rotatable bonds is 7. The number of benzene rings is 2. The molecule has 0 spiro atoms. The molecule has 0 fully saturated rings. The minimum absolute atomic E-state index is 0.502. The predicted octanol–water partition coefficient (Wildman–Crippen LogP) is 4.77. The van der Waals surface area contributed by atoms with E-state index in [9.17, 15) is 9.90 Å². The van der Waals surface area contributed by atoms with E-state index >= 15 is 0 Å². The highest BCUT2D eigenvalue weighted by molar-refractivity contribution is 5.76. The van der Waals surface area contributed by atoms with Gasteiger partial charge in [0.15, 0.2) is 0 Å². The van der Waals surface area contributed by atoms with Crippen LogP contribution in [0.1, 0.15) is 54.4 Å². The van der Waals surface area contributed by atoms with Gasteiger partial charge in [0.1, 0.15) is 5.75 Å². The highest BCUT2D eigenvalue weighted by Gasteiger charge is 2.22. The highest BCUT2D eigenvalue weighted by atomic mass is 16.5. The van der Waals surface area contributed by atoms with Gasteiger partial charge in [-0.2, -0.15) is 0 Å². The van der Waals surface area contributed by atoms with E-state index < -0.39 is 11.9 Å². The van der Waals surface area contributed by atoms with Crippen molar-refractivity contribution in [1.82, 2.24) is 0 Å². The Hall–Kier alpha value is -2.29. The van der Waals surface area contributed by atoms with E-state index in [-0.39, 0.29) is 0 Å². The van der Waals surface area contributed by atoms with E-state index in [1.54, 1.807) is 0 Å². The van der Waals surface area contributed by atoms with Crippen molar-refractivity contribution in [2.45, 2.75) is 51.4 Å². The van der Waals surface area contributed by atoms with Gasteiger partial charge in [0.2, 0.25) is 0 Å². The molecule has 0 saturated carbocycles. The number of carboxylic acid groups (broad SMARTS) is 1. The maximum Gasteiger partial charge on any atom is 0.311 e. The molecule has 3 heteroatoms. The Morgan fingerprint density at radius 2 is 1.80 bits per heavy atom. The van der Waals surface area contributed by atoms with E-state index in [2.05, 4.69) is 19.1 Å². The fourth-order valence-corrected chi connectivity index (χ4v) is 3.50. The van der Waals surface area contributed by atoms with Crippen molar-refractivity contribution < 1.29 is 14.6 Å². The monoisotopic (exact) mass is 338 g/mol. The Morgan fingerprint density at radius 1 is 1.08 bits per heavy atom. The summed E-state index contributed by atoms with van der Waals surface area (Å²) in [4.78, 5) is 11.9. The number of carboxylic acids is 1. The summed E-state index contributed by atoms with van der Waals surface area (Å²) in [5.74, 6) is -0.428. The quantitative estimate of drug-likeness (QED) is 0.791. The molecule has 1 atom stereocenters. The Kier molecular flexibility index (Phi) is 5.75. The molecule has 3 rings (SSSR count).